The third kappa shape index (κ3) is 4.25. The van der Waals surface area contributed by atoms with Crippen LogP contribution < -0.4 is 20.6 Å². The van der Waals surface area contributed by atoms with Gasteiger partial charge in [-0.1, -0.05) is 13.8 Å². The SMILES string of the molecule is COc1cc(OC)cc(-n2nc(B3OC(C)(C)C(C)(C)O3)cc(CC(C)C)c2=O)c1. The molecule has 3 rings (SSSR count). The summed E-state index contributed by atoms with van der Waals surface area (Å²) in [6.45, 7) is 12.1. The average molecular weight is 414 g/mol. The van der Waals surface area contributed by atoms with Crippen molar-refractivity contribution in [2.75, 3.05) is 14.2 Å². The number of methoxy groups -OCH3 is 2. The van der Waals surface area contributed by atoms with Gasteiger partial charge in [0.25, 0.3) is 5.56 Å². The minimum atomic E-state index is -0.666. The van der Waals surface area contributed by atoms with Crippen molar-refractivity contribution in [2.45, 2.75) is 59.2 Å². The van der Waals surface area contributed by atoms with E-state index in [-0.39, 0.29) is 5.56 Å². The molecule has 1 aliphatic heterocycles. The van der Waals surface area contributed by atoms with Gasteiger partial charge in [-0.05, 0) is 46.1 Å². The van der Waals surface area contributed by atoms with Crippen LogP contribution in [0.5, 0.6) is 11.5 Å². The van der Waals surface area contributed by atoms with Crippen LogP contribution in [0.3, 0.4) is 0 Å². The first-order valence-electron chi connectivity index (χ1n) is 10.2. The van der Waals surface area contributed by atoms with Gasteiger partial charge in [0.2, 0.25) is 0 Å². The van der Waals surface area contributed by atoms with E-state index in [0.717, 1.165) is 0 Å². The van der Waals surface area contributed by atoms with Crippen LogP contribution in [0.4, 0.5) is 0 Å². The molecule has 0 N–H and O–H groups in total. The quantitative estimate of drug-likeness (QED) is 0.677. The van der Waals surface area contributed by atoms with E-state index < -0.39 is 18.3 Å². The van der Waals surface area contributed by atoms with Crippen molar-refractivity contribution in [3.05, 3.63) is 40.2 Å². The lowest BCUT2D eigenvalue weighted by atomic mass is 9.83. The third-order valence-corrected chi connectivity index (χ3v) is 5.71. The third-order valence-electron chi connectivity index (χ3n) is 5.71. The highest BCUT2D eigenvalue weighted by molar-refractivity contribution is 6.61. The molecule has 0 bridgehead atoms. The minimum absolute atomic E-state index is 0.181. The Morgan fingerprint density at radius 1 is 1.00 bits per heavy atom. The van der Waals surface area contributed by atoms with Crippen LogP contribution in [-0.4, -0.2) is 42.3 Å². The van der Waals surface area contributed by atoms with Gasteiger partial charge in [-0.15, -0.1) is 0 Å². The first kappa shape index (κ1) is 22.4. The van der Waals surface area contributed by atoms with Crippen LogP contribution in [0.2, 0.25) is 0 Å². The molecule has 1 aromatic carbocycles. The average Bonchev–Trinajstić information content (AvgIpc) is 2.89. The van der Waals surface area contributed by atoms with Crippen LogP contribution in [0, 0.1) is 5.92 Å². The topological polar surface area (TPSA) is 71.8 Å². The lowest BCUT2D eigenvalue weighted by Crippen LogP contribution is -2.42. The molecule has 0 spiro atoms. The molecule has 1 fully saturated rings. The summed E-state index contributed by atoms with van der Waals surface area (Å²) >= 11 is 0. The Hall–Kier alpha value is -2.32. The molecule has 0 saturated carbocycles. The van der Waals surface area contributed by atoms with Crippen LogP contribution in [0.15, 0.2) is 29.1 Å². The van der Waals surface area contributed by atoms with Crippen molar-refractivity contribution in [1.82, 2.24) is 9.78 Å². The first-order valence-corrected chi connectivity index (χ1v) is 10.2. The molecule has 1 aliphatic rings. The molecule has 2 aromatic rings. The largest absolute Gasteiger partial charge is 0.516 e. The summed E-state index contributed by atoms with van der Waals surface area (Å²) in [7, 11) is 2.47. The Bertz CT molecular complexity index is 946. The molecule has 0 atom stereocenters. The Balaban J connectivity index is 2.17. The standard InChI is InChI=1S/C22H31BN2O5/c1-14(2)9-15-10-19(23-29-21(3,4)22(5,6)30-23)24-25(20(15)26)16-11-17(27-7)13-18(12-16)28-8/h10-14H,9H2,1-8H3. The van der Waals surface area contributed by atoms with Gasteiger partial charge in [-0.25, -0.2) is 0 Å². The summed E-state index contributed by atoms with van der Waals surface area (Å²) in [5, 5.41) is 4.62. The van der Waals surface area contributed by atoms with Gasteiger partial charge in [-0.3, -0.25) is 4.79 Å². The fourth-order valence-electron chi connectivity index (χ4n) is 3.32. The predicted octanol–water partition coefficient (Wildman–Crippen LogP) is 2.75. The molecule has 0 unspecified atom stereocenters. The summed E-state index contributed by atoms with van der Waals surface area (Å²) in [5.41, 5.74) is 0.589. The predicted molar refractivity (Wildman–Crippen MR) is 117 cm³/mol. The van der Waals surface area contributed by atoms with Gasteiger partial charge in [0, 0.05) is 23.8 Å². The number of benzene rings is 1. The van der Waals surface area contributed by atoms with Gasteiger partial charge in [0.1, 0.15) is 11.5 Å². The summed E-state index contributed by atoms with van der Waals surface area (Å²) < 4.78 is 24.5. The van der Waals surface area contributed by atoms with E-state index in [2.05, 4.69) is 18.9 Å². The molecule has 0 amide bonds. The summed E-state index contributed by atoms with van der Waals surface area (Å²) in [6.07, 6.45) is 0.620. The maximum atomic E-state index is 13.3. The normalized spacial score (nSPS) is 17.4. The van der Waals surface area contributed by atoms with Crippen LogP contribution in [-0.2, 0) is 15.7 Å². The summed E-state index contributed by atoms with van der Waals surface area (Å²) in [5.74, 6) is 1.45. The van der Waals surface area contributed by atoms with Crippen molar-refractivity contribution in [3.63, 3.8) is 0 Å². The number of rotatable bonds is 6. The summed E-state index contributed by atoms with van der Waals surface area (Å²) in [6, 6.07) is 7.06. The fraction of sp³-hybridized carbons (Fsp3) is 0.545. The van der Waals surface area contributed by atoms with Gasteiger partial charge in [0.15, 0.2) is 0 Å². The zero-order chi connectivity index (χ0) is 22.3. The van der Waals surface area contributed by atoms with Crippen LogP contribution >= 0.6 is 0 Å². The second-order valence-corrected chi connectivity index (χ2v) is 9.07. The second kappa shape index (κ2) is 8.08. The molecule has 7 nitrogen and oxygen atoms in total. The van der Waals surface area contributed by atoms with Crippen LogP contribution in [0.25, 0.3) is 5.69 Å². The smallest absolute Gasteiger partial charge is 0.497 e. The molecule has 162 valence electrons. The first-order chi connectivity index (χ1) is 14.0. The number of ether oxygens (including phenoxy) is 2. The molecular formula is C22H31BN2O5. The Kier molecular flexibility index (Phi) is 6.02. The van der Waals surface area contributed by atoms with Crippen molar-refractivity contribution in [3.8, 4) is 17.2 Å². The van der Waals surface area contributed by atoms with Gasteiger partial charge in [-0.2, -0.15) is 9.78 Å². The van der Waals surface area contributed by atoms with Crippen molar-refractivity contribution in [1.29, 1.82) is 0 Å². The Morgan fingerprint density at radius 2 is 1.53 bits per heavy atom. The zero-order valence-electron chi connectivity index (χ0n) is 19.1. The molecule has 1 aromatic heterocycles. The molecule has 8 heteroatoms. The monoisotopic (exact) mass is 414 g/mol. The van der Waals surface area contributed by atoms with E-state index in [0.29, 0.717) is 40.7 Å². The number of aromatic nitrogens is 2. The van der Waals surface area contributed by atoms with E-state index in [1.54, 1.807) is 38.5 Å². The Morgan fingerprint density at radius 3 is 2.00 bits per heavy atom. The minimum Gasteiger partial charge on any atom is -0.497 e. The summed E-state index contributed by atoms with van der Waals surface area (Å²) in [4.78, 5) is 13.3. The highest BCUT2D eigenvalue weighted by atomic mass is 16.7. The number of nitrogens with zero attached hydrogens (tertiary/aromatic N) is 2. The van der Waals surface area contributed by atoms with Gasteiger partial charge >= 0.3 is 7.12 Å². The van der Waals surface area contributed by atoms with E-state index >= 15 is 0 Å². The van der Waals surface area contributed by atoms with E-state index in [9.17, 15) is 4.79 Å². The molecule has 1 saturated heterocycles. The van der Waals surface area contributed by atoms with Gasteiger partial charge < -0.3 is 18.8 Å². The van der Waals surface area contributed by atoms with E-state index in [1.807, 2.05) is 27.7 Å². The number of hydrogen-bond donors (Lipinski definition) is 0. The van der Waals surface area contributed by atoms with E-state index in [4.69, 9.17) is 18.8 Å². The van der Waals surface area contributed by atoms with Crippen molar-refractivity contribution < 1.29 is 18.8 Å². The molecule has 2 heterocycles. The van der Waals surface area contributed by atoms with E-state index in [1.165, 1.54) is 4.68 Å². The van der Waals surface area contributed by atoms with Crippen molar-refractivity contribution in [2.24, 2.45) is 5.92 Å². The maximum Gasteiger partial charge on any atom is 0.516 e. The molecule has 30 heavy (non-hydrogen) atoms. The molecule has 0 aliphatic carbocycles. The van der Waals surface area contributed by atoms with Gasteiger partial charge in [0.05, 0.1) is 36.7 Å². The lowest BCUT2D eigenvalue weighted by Gasteiger charge is -2.32. The second-order valence-electron chi connectivity index (χ2n) is 9.07. The zero-order valence-corrected chi connectivity index (χ0v) is 19.1. The highest BCUT2D eigenvalue weighted by Crippen LogP contribution is 2.36. The maximum absolute atomic E-state index is 13.3. The highest BCUT2D eigenvalue weighted by Gasteiger charge is 2.52. The van der Waals surface area contributed by atoms with Crippen molar-refractivity contribution >= 4 is 12.7 Å². The number of hydrogen-bond acceptors (Lipinski definition) is 6. The Labute approximate surface area is 178 Å². The fourth-order valence-corrected chi connectivity index (χ4v) is 3.32. The molecular weight excluding hydrogens is 383 g/mol. The lowest BCUT2D eigenvalue weighted by molar-refractivity contribution is 0.00578. The van der Waals surface area contributed by atoms with Crippen LogP contribution in [0.1, 0.15) is 47.1 Å². The molecule has 0 radical (unpaired) electrons.